The molecule has 65 valence electrons. The molecule has 1 rings (SSSR count). The van der Waals surface area contributed by atoms with Crippen molar-refractivity contribution in [3.63, 3.8) is 0 Å². The van der Waals surface area contributed by atoms with Crippen LogP contribution in [-0.2, 0) is 9.84 Å². The van der Waals surface area contributed by atoms with Gasteiger partial charge in [0.1, 0.15) is 0 Å². The van der Waals surface area contributed by atoms with Crippen LogP contribution in [0.3, 0.4) is 0 Å². The molecular formula is C10H13O2. The lowest BCUT2D eigenvalue weighted by molar-refractivity contribution is -0.0862. The van der Waals surface area contributed by atoms with Gasteiger partial charge in [0.05, 0.1) is 6.10 Å². The molecule has 1 unspecified atom stereocenters. The quantitative estimate of drug-likeness (QED) is 0.630. The van der Waals surface area contributed by atoms with Gasteiger partial charge in [-0.25, -0.2) is 5.11 Å². The molecule has 0 aromatic heterocycles. The molecule has 0 aliphatic rings. The molecule has 0 aliphatic carbocycles. The first-order chi connectivity index (χ1) is 5.88. The van der Waals surface area contributed by atoms with Crippen molar-refractivity contribution in [2.45, 2.75) is 19.4 Å². The molecule has 0 saturated heterocycles. The van der Waals surface area contributed by atoms with E-state index in [9.17, 15) is 5.11 Å². The number of hydrogen-bond donors (Lipinski definition) is 0. The van der Waals surface area contributed by atoms with E-state index in [0.29, 0.717) is 0 Å². The van der Waals surface area contributed by atoms with Crippen molar-refractivity contribution >= 4 is 0 Å². The van der Waals surface area contributed by atoms with Crippen molar-refractivity contribution in [1.82, 2.24) is 0 Å². The second kappa shape index (κ2) is 4.91. The van der Waals surface area contributed by atoms with Gasteiger partial charge in [-0.05, 0) is 12.0 Å². The second-order valence-corrected chi connectivity index (χ2v) is 2.59. The zero-order valence-electron chi connectivity index (χ0n) is 7.19. The molecule has 0 aliphatic heterocycles. The molecule has 0 N–H and O–H groups in total. The van der Waals surface area contributed by atoms with Crippen LogP contribution >= 0.6 is 0 Å². The molecule has 2 heteroatoms. The van der Waals surface area contributed by atoms with E-state index in [-0.39, 0.29) is 6.10 Å². The molecule has 0 fully saturated rings. The largest absolute Gasteiger partial charge is 0.344 e. The zero-order chi connectivity index (χ0) is 8.81. The van der Waals surface area contributed by atoms with Crippen molar-refractivity contribution < 1.29 is 9.84 Å². The summed E-state index contributed by atoms with van der Waals surface area (Å²) in [6.45, 7) is 1.54. The van der Waals surface area contributed by atoms with Crippen LogP contribution < -0.4 is 0 Å². The molecule has 1 aromatic rings. The smallest absolute Gasteiger partial charge is 0.181 e. The van der Waals surface area contributed by atoms with Crippen molar-refractivity contribution in [3.8, 4) is 0 Å². The summed E-state index contributed by atoms with van der Waals surface area (Å²) in [6.07, 6.45) is 0.801. The maximum Gasteiger partial charge on any atom is 0.181 e. The number of benzene rings is 1. The average Bonchev–Trinajstić information content (AvgIpc) is 2.15. The Bertz CT molecular complexity index is 208. The van der Waals surface area contributed by atoms with Gasteiger partial charge in [-0.2, -0.15) is 0 Å². The highest BCUT2D eigenvalue weighted by atomic mass is 16.6. The van der Waals surface area contributed by atoms with Crippen LogP contribution in [0.2, 0.25) is 0 Å². The van der Waals surface area contributed by atoms with Gasteiger partial charge in [0.15, 0.2) is 6.79 Å². The highest BCUT2D eigenvalue weighted by Crippen LogP contribution is 2.19. The number of rotatable bonds is 4. The van der Waals surface area contributed by atoms with Crippen molar-refractivity contribution in [1.29, 1.82) is 0 Å². The van der Waals surface area contributed by atoms with Crippen LogP contribution in [0.5, 0.6) is 0 Å². The molecule has 1 atom stereocenters. The van der Waals surface area contributed by atoms with Gasteiger partial charge < -0.3 is 4.74 Å². The maximum absolute atomic E-state index is 10.3. The summed E-state index contributed by atoms with van der Waals surface area (Å²) in [4.78, 5) is 0. The summed E-state index contributed by atoms with van der Waals surface area (Å²) >= 11 is 0. The third-order valence-corrected chi connectivity index (χ3v) is 1.81. The average molecular weight is 165 g/mol. The van der Waals surface area contributed by atoms with Gasteiger partial charge >= 0.3 is 0 Å². The van der Waals surface area contributed by atoms with Gasteiger partial charge in [-0.1, -0.05) is 37.3 Å². The fourth-order valence-corrected chi connectivity index (χ4v) is 1.20. The SMILES string of the molecule is CCC(OC[O])c1ccccc1. The Balaban J connectivity index is 2.66. The third-order valence-electron chi connectivity index (χ3n) is 1.81. The van der Waals surface area contributed by atoms with E-state index in [4.69, 9.17) is 4.74 Å². The Kier molecular flexibility index (Phi) is 3.77. The Morgan fingerprint density at radius 3 is 2.50 bits per heavy atom. The molecule has 0 saturated carbocycles. The first kappa shape index (κ1) is 9.23. The minimum absolute atomic E-state index is 0.0382. The van der Waals surface area contributed by atoms with E-state index in [1.54, 1.807) is 0 Å². The van der Waals surface area contributed by atoms with Crippen LogP contribution in [0.4, 0.5) is 0 Å². The predicted molar refractivity (Wildman–Crippen MR) is 46.1 cm³/mol. The van der Waals surface area contributed by atoms with E-state index >= 15 is 0 Å². The summed E-state index contributed by atoms with van der Waals surface area (Å²) in [5.41, 5.74) is 1.08. The topological polar surface area (TPSA) is 29.1 Å². The normalized spacial score (nSPS) is 12.8. The van der Waals surface area contributed by atoms with Gasteiger partial charge in [0.2, 0.25) is 0 Å². The molecule has 0 amide bonds. The summed E-state index contributed by atoms with van der Waals surface area (Å²) in [6, 6.07) is 9.80. The maximum atomic E-state index is 10.3. The Hall–Kier alpha value is -0.860. The lowest BCUT2D eigenvalue weighted by Gasteiger charge is -2.13. The van der Waals surface area contributed by atoms with Gasteiger partial charge in [-0.15, -0.1) is 0 Å². The lowest BCUT2D eigenvalue weighted by atomic mass is 10.1. The zero-order valence-corrected chi connectivity index (χ0v) is 7.19. The molecule has 2 nitrogen and oxygen atoms in total. The highest BCUT2D eigenvalue weighted by Gasteiger charge is 2.07. The van der Waals surface area contributed by atoms with Gasteiger partial charge in [0, 0.05) is 0 Å². The fraction of sp³-hybridized carbons (Fsp3) is 0.400. The van der Waals surface area contributed by atoms with Gasteiger partial charge in [0.25, 0.3) is 0 Å². The molecule has 0 spiro atoms. The van der Waals surface area contributed by atoms with Gasteiger partial charge in [-0.3, -0.25) is 0 Å². The summed E-state index contributed by atoms with van der Waals surface area (Å²) in [5.74, 6) is 0. The van der Waals surface area contributed by atoms with Crippen LogP contribution in [0, 0.1) is 0 Å². The van der Waals surface area contributed by atoms with E-state index in [2.05, 4.69) is 0 Å². The minimum atomic E-state index is -0.465. The predicted octanol–water partition coefficient (Wildman–Crippen LogP) is 2.54. The molecule has 1 radical (unpaired) electrons. The van der Waals surface area contributed by atoms with Crippen molar-refractivity contribution in [2.75, 3.05) is 6.79 Å². The molecule has 0 heterocycles. The Morgan fingerprint density at radius 1 is 1.33 bits per heavy atom. The molecule has 1 aromatic carbocycles. The van der Waals surface area contributed by atoms with E-state index in [0.717, 1.165) is 12.0 Å². The highest BCUT2D eigenvalue weighted by molar-refractivity contribution is 5.17. The third kappa shape index (κ3) is 2.32. The first-order valence-electron chi connectivity index (χ1n) is 4.13. The van der Waals surface area contributed by atoms with Crippen LogP contribution in [0.15, 0.2) is 30.3 Å². The second-order valence-electron chi connectivity index (χ2n) is 2.59. The van der Waals surface area contributed by atoms with E-state index in [1.807, 2.05) is 37.3 Å². The number of ether oxygens (including phenoxy) is 1. The minimum Gasteiger partial charge on any atom is -0.344 e. The molecule has 12 heavy (non-hydrogen) atoms. The lowest BCUT2D eigenvalue weighted by Crippen LogP contribution is -2.02. The summed E-state index contributed by atoms with van der Waals surface area (Å²) < 4.78 is 5.02. The Labute approximate surface area is 72.8 Å². The molecular weight excluding hydrogens is 152 g/mol. The van der Waals surface area contributed by atoms with Crippen LogP contribution in [0.25, 0.3) is 0 Å². The van der Waals surface area contributed by atoms with Crippen LogP contribution in [0.1, 0.15) is 25.0 Å². The Morgan fingerprint density at radius 2 is 2.00 bits per heavy atom. The summed E-state index contributed by atoms with van der Waals surface area (Å²) in [5, 5.41) is 10.3. The van der Waals surface area contributed by atoms with Crippen molar-refractivity contribution in [3.05, 3.63) is 35.9 Å². The standard InChI is InChI=1S/C10H13O2/c1-2-10(12-8-11)9-6-4-3-5-7-9/h3-7,10H,2,8H2,1H3. The number of hydrogen-bond acceptors (Lipinski definition) is 1. The van der Waals surface area contributed by atoms with E-state index < -0.39 is 6.79 Å². The van der Waals surface area contributed by atoms with Crippen molar-refractivity contribution in [2.24, 2.45) is 0 Å². The molecule has 0 bridgehead atoms. The fourth-order valence-electron chi connectivity index (χ4n) is 1.20. The van der Waals surface area contributed by atoms with Crippen LogP contribution in [-0.4, -0.2) is 6.79 Å². The first-order valence-corrected chi connectivity index (χ1v) is 4.13. The summed E-state index contributed by atoms with van der Waals surface area (Å²) in [7, 11) is 0. The monoisotopic (exact) mass is 165 g/mol. The van der Waals surface area contributed by atoms with E-state index in [1.165, 1.54) is 0 Å².